The van der Waals surface area contributed by atoms with Crippen LogP contribution in [0.25, 0.3) is 17.0 Å². The van der Waals surface area contributed by atoms with Crippen LogP contribution in [0.15, 0.2) is 133 Å². The number of aromatic nitrogens is 2. The fourth-order valence-corrected chi connectivity index (χ4v) is 5.58. The lowest BCUT2D eigenvalue weighted by Crippen LogP contribution is -2.38. The Balaban J connectivity index is 1.63. The van der Waals surface area contributed by atoms with Crippen molar-refractivity contribution in [3.05, 3.63) is 162 Å². The van der Waals surface area contributed by atoms with Crippen molar-refractivity contribution >= 4 is 22.9 Å². The first kappa shape index (κ1) is 25.9. The van der Waals surface area contributed by atoms with Gasteiger partial charge in [0.25, 0.3) is 5.91 Å². The number of rotatable bonds is 9. The number of methoxy groups -OCH3 is 1. The second-order valence-electron chi connectivity index (χ2n) is 9.61. The second kappa shape index (κ2) is 11.0. The summed E-state index contributed by atoms with van der Waals surface area (Å²) in [5, 5.41) is 8.81. The molecule has 0 aliphatic carbocycles. The molecular formula is C35H29N3O3. The van der Waals surface area contributed by atoms with Gasteiger partial charge in [-0.05, 0) is 47.0 Å². The van der Waals surface area contributed by atoms with Crippen molar-refractivity contribution in [2.45, 2.75) is 12.1 Å². The van der Waals surface area contributed by atoms with Crippen molar-refractivity contribution < 1.29 is 13.9 Å². The van der Waals surface area contributed by atoms with Crippen LogP contribution in [0.5, 0.6) is 5.75 Å². The van der Waals surface area contributed by atoms with E-state index in [1.807, 2.05) is 71.4 Å². The molecule has 41 heavy (non-hydrogen) atoms. The average molecular weight is 540 g/mol. The zero-order chi connectivity index (χ0) is 28.2. The Morgan fingerprint density at radius 3 is 1.95 bits per heavy atom. The van der Waals surface area contributed by atoms with E-state index in [9.17, 15) is 4.79 Å². The van der Waals surface area contributed by atoms with Crippen molar-refractivity contribution in [2.75, 3.05) is 7.11 Å². The molecule has 6 aromatic rings. The smallest absolute Gasteiger partial charge is 0.255 e. The highest BCUT2D eigenvalue weighted by Crippen LogP contribution is 2.44. The number of hydrogen-bond donors (Lipinski definition) is 1. The summed E-state index contributed by atoms with van der Waals surface area (Å²) in [5.41, 5.74) is 4.10. The molecule has 0 saturated heterocycles. The first-order valence-corrected chi connectivity index (χ1v) is 13.4. The molecule has 0 aliphatic heterocycles. The van der Waals surface area contributed by atoms with E-state index < -0.39 is 5.54 Å². The molecule has 0 radical (unpaired) electrons. The third-order valence-corrected chi connectivity index (χ3v) is 7.37. The van der Waals surface area contributed by atoms with Crippen molar-refractivity contribution in [3.8, 4) is 5.75 Å². The van der Waals surface area contributed by atoms with Crippen molar-refractivity contribution in [1.82, 2.24) is 15.1 Å². The zero-order valence-electron chi connectivity index (χ0n) is 22.7. The number of carbonyl (C=O) groups excluding carboxylic acids is 1. The van der Waals surface area contributed by atoms with E-state index in [1.54, 1.807) is 31.6 Å². The maximum Gasteiger partial charge on any atom is 0.255 e. The largest absolute Gasteiger partial charge is 0.495 e. The molecular weight excluding hydrogens is 510 g/mol. The Bertz CT molecular complexity index is 1700. The summed E-state index contributed by atoms with van der Waals surface area (Å²) in [6.07, 6.45) is 3.29. The predicted molar refractivity (Wildman–Crippen MR) is 161 cm³/mol. The number of amides is 1. The minimum absolute atomic E-state index is 0.264. The fourth-order valence-electron chi connectivity index (χ4n) is 5.58. The standard InChI is InChI=1S/C35H29N3O3/c1-3-30-32-31(22-21-29(33(32)40-2)34(39)36-24-28-20-13-23-41-28)38(37-30)35(25-14-7-4-8-15-25,26-16-9-5-10-17-26)27-18-11-6-12-19-27/h3-23H,1,24H2,2H3,(H,36,39). The van der Waals surface area contributed by atoms with Crippen LogP contribution in [0.2, 0.25) is 0 Å². The molecule has 6 heteroatoms. The SMILES string of the molecule is C=Cc1nn(C(c2ccccc2)(c2ccccc2)c2ccccc2)c2ccc(C(=O)NCc3ccco3)c(OC)c12. The zero-order valence-corrected chi connectivity index (χ0v) is 22.7. The van der Waals surface area contributed by atoms with Gasteiger partial charge >= 0.3 is 0 Å². The monoisotopic (exact) mass is 539 g/mol. The summed E-state index contributed by atoms with van der Waals surface area (Å²) in [6, 6.07) is 38.3. The second-order valence-corrected chi connectivity index (χ2v) is 9.61. The van der Waals surface area contributed by atoms with E-state index in [2.05, 4.69) is 48.3 Å². The summed E-state index contributed by atoms with van der Waals surface area (Å²) < 4.78 is 13.3. The quantitative estimate of drug-likeness (QED) is 0.200. The van der Waals surface area contributed by atoms with Crippen LogP contribution in [0.3, 0.4) is 0 Å². The summed E-state index contributed by atoms with van der Waals surface area (Å²) in [4.78, 5) is 13.3. The molecule has 0 fully saturated rings. The Morgan fingerprint density at radius 2 is 1.46 bits per heavy atom. The molecule has 1 amide bonds. The molecule has 2 heterocycles. The van der Waals surface area contributed by atoms with E-state index in [0.717, 1.165) is 22.2 Å². The highest BCUT2D eigenvalue weighted by Gasteiger charge is 2.41. The van der Waals surface area contributed by atoms with Crippen LogP contribution >= 0.6 is 0 Å². The molecule has 1 N–H and O–H groups in total. The Kier molecular flexibility index (Phi) is 6.96. The molecule has 0 aliphatic rings. The molecule has 0 bridgehead atoms. The van der Waals surface area contributed by atoms with Crippen LogP contribution in [0, 0.1) is 0 Å². The number of fused-ring (bicyclic) bond motifs is 1. The van der Waals surface area contributed by atoms with Crippen molar-refractivity contribution in [1.29, 1.82) is 0 Å². The van der Waals surface area contributed by atoms with Gasteiger partial charge < -0.3 is 14.5 Å². The molecule has 6 rings (SSSR count). The van der Waals surface area contributed by atoms with Crippen LogP contribution < -0.4 is 10.1 Å². The summed E-state index contributed by atoms with van der Waals surface area (Å²) in [7, 11) is 1.57. The number of furan rings is 1. The van der Waals surface area contributed by atoms with Gasteiger partial charge in [-0.3, -0.25) is 4.79 Å². The molecule has 4 aromatic carbocycles. The van der Waals surface area contributed by atoms with Crippen LogP contribution in [-0.2, 0) is 12.1 Å². The number of ether oxygens (including phenoxy) is 1. The van der Waals surface area contributed by atoms with Gasteiger partial charge in [-0.2, -0.15) is 5.10 Å². The molecule has 202 valence electrons. The first-order valence-electron chi connectivity index (χ1n) is 13.4. The fraction of sp³-hybridized carbons (Fsp3) is 0.0857. The van der Waals surface area contributed by atoms with Crippen LogP contribution in [-0.4, -0.2) is 22.8 Å². The Morgan fingerprint density at radius 1 is 0.878 bits per heavy atom. The normalized spacial score (nSPS) is 11.3. The van der Waals surface area contributed by atoms with E-state index in [1.165, 1.54) is 0 Å². The van der Waals surface area contributed by atoms with Gasteiger partial charge in [-0.1, -0.05) is 97.6 Å². The molecule has 0 atom stereocenters. The van der Waals surface area contributed by atoms with Crippen LogP contribution in [0.1, 0.15) is 38.5 Å². The van der Waals surface area contributed by atoms with Gasteiger partial charge in [0.2, 0.25) is 0 Å². The highest BCUT2D eigenvalue weighted by molar-refractivity contribution is 6.05. The van der Waals surface area contributed by atoms with Gasteiger partial charge in [-0.25, -0.2) is 4.68 Å². The maximum atomic E-state index is 13.3. The molecule has 0 unspecified atom stereocenters. The van der Waals surface area contributed by atoms with E-state index in [-0.39, 0.29) is 12.5 Å². The average Bonchev–Trinajstić information content (AvgIpc) is 3.70. The van der Waals surface area contributed by atoms with Gasteiger partial charge in [0, 0.05) is 0 Å². The molecule has 6 nitrogen and oxygen atoms in total. The number of benzene rings is 4. The third-order valence-electron chi connectivity index (χ3n) is 7.37. The van der Waals surface area contributed by atoms with E-state index >= 15 is 0 Å². The molecule has 0 saturated carbocycles. The summed E-state index contributed by atoms with van der Waals surface area (Å²) in [5.74, 6) is 0.823. The third kappa shape index (κ3) is 4.39. The number of hydrogen-bond acceptors (Lipinski definition) is 4. The lowest BCUT2D eigenvalue weighted by molar-refractivity contribution is 0.0945. The highest BCUT2D eigenvalue weighted by atomic mass is 16.5. The van der Waals surface area contributed by atoms with Crippen LogP contribution in [0.4, 0.5) is 0 Å². The molecule has 0 spiro atoms. The lowest BCUT2D eigenvalue weighted by atomic mass is 9.77. The van der Waals surface area contributed by atoms with Gasteiger partial charge in [-0.15, -0.1) is 0 Å². The number of carbonyl (C=O) groups is 1. The minimum Gasteiger partial charge on any atom is -0.495 e. The lowest BCUT2D eigenvalue weighted by Gasteiger charge is -2.37. The molecule has 2 aromatic heterocycles. The minimum atomic E-state index is -0.836. The predicted octanol–water partition coefficient (Wildman–Crippen LogP) is 7.05. The Hall–Kier alpha value is -5.36. The van der Waals surface area contributed by atoms with E-state index in [0.29, 0.717) is 28.2 Å². The Labute approximate surface area is 238 Å². The first-order chi connectivity index (χ1) is 20.2. The van der Waals surface area contributed by atoms with Crippen molar-refractivity contribution in [2.24, 2.45) is 0 Å². The maximum absolute atomic E-state index is 13.3. The topological polar surface area (TPSA) is 69.3 Å². The number of nitrogens with one attached hydrogen (secondary N) is 1. The van der Waals surface area contributed by atoms with Crippen molar-refractivity contribution in [3.63, 3.8) is 0 Å². The number of nitrogens with zero attached hydrogens (tertiary/aromatic N) is 2. The van der Waals surface area contributed by atoms with E-state index in [4.69, 9.17) is 14.3 Å². The summed E-state index contributed by atoms with van der Waals surface area (Å²) in [6.45, 7) is 4.33. The van der Waals surface area contributed by atoms with Gasteiger partial charge in [0.05, 0.1) is 42.1 Å². The van der Waals surface area contributed by atoms with Gasteiger partial charge in [0.15, 0.2) is 0 Å². The summed E-state index contributed by atoms with van der Waals surface area (Å²) >= 11 is 0. The van der Waals surface area contributed by atoms with Gasteiger partial charge in [0.1, 0.15) is 17.0 Å².